The monoisotopic (exact) mass is 616 g/mol. The number of nitrogens with zero attached hydrogens (tertiary/aromatic N) is 2. The van der Waals surface area contributed by atoms with Crippen molar-refractivity contribution in [3.63, 3.8) is 0 Å². The van der Waals surface area contributed by atoms with Crippen molar-refractivity contribution in [2.45, 2.75) is 9.79 Å². The van der Waals surface area contributed by atoms with Gasteiger partial charge in [0.25, 0.3) is 20.2 Å². The molecule has 15 heteroatoms. The van der Waals surface area contributed by atoms with Gasteiger partial charge in [0.1, 0.15) is 32.7 Å². The molecule has 0 saturated carbocycles. The molecule has 1 heterocycles. The molecule has 13 nitrogen and oxygen atoms in total. The second-order valence-corrected chi connectivity index (χ2v) is 12.6. The van der Waals surface area contributed by atoms with Gasteiger partial charge in [-0.15, -0.1) is 0 Å². The van der Waals surface area contributed by atoms with E-state index >= 15 is 0 Å². The highest BCUT2D eigenvalue weighted by Gasteiger charge is 2.26. The van der Waals surface area contributed by atoms with E-state index in [-0.39, 0.29) is 26.9 Å². The van der Waals surface area contributed by atoms with Crippen molar-refractivity contribution >= 4 is 85.4 Å². The molecule has 0 unspecified atom stereocenters. The first kappa shape index (κ1) is 26.7. The van der Waals surface area contributed by atoms with Crippen molar-refractivity contribution in [2.75, 3.05) is 0 Å². The van der Waals surface area contributed by atoms with Crippen LogP contribution in [0.2, 0.25) is 0 Å². The van der Waals surface area contributed by atoms with E-state index in [9.17, 15) is 50.2 Å². The van der Waals surface area contributed by atoms with Crippen molar-refractivity contribution in [3.8, 4) is 5.75 Å². The zero-order chi connectivity index (χ0) is 30.7. The Bertz CT molecular complexity index is 2930. The van der Waals surface area contributed by atoms with Crippen LogP contribution >= 0.6 is 0 Å². The van der Waals surface area contributed by atoms with E-state index in [1.54, 1.807) is 0 Å². The number of hydrogen-bond donors (Lipinski definition) is 3. The van der Waals surface area contributed by atoms with Gasteiger partial charge in [-0.3, -0.25) is 28.3 Å². The maximum absolute atomic E-state index is 13.7. The van der Waals surface area contributed by atoms with Gasteiger partial charge in [0, 0.05) is 32.3 Å². The Hall–Kier alpha value is -5.22. The Labute approximate surface area is 237 Å². The fraction of sp³-hybridized carbons (Fsp3) is 0. The summed E-state index contributed by atoms with van der Waals surface area (Å²) >= 11 is 0. The van der Waals surface area contributed by atoms with Gasteiger partial charge in [-0.05, 0) is 30.3 Å². The Kier molecular flexibility index (Phi) is 5.22. The lowest BCUT2D eigenvalue weighted by Gasteiger charge is -2.11. The van der Waals surface area contributed by atoms with Crippen LogP contribution in [0.15, 0.2) is 83.6 Å². The SMILES string of the molecule is O=c1c2ccc(S(=O)(=O)O)cc2c(=O)c2c1cc(O)c1nc3c(nc12)c(S(=O)(=O)O)cc1c(=O)c2ccccc2c(=O)c13. The minimum Gasteiger partial charge on any atom is -0.506 e. The molecular formula is C28H12N2O11S2. The highest BCUT2D eigenvalue weighted by Crippen LogP contribution is 2.34. The van der Waals surface area contributed by atoms with Crippen LogP contribution in [-0.4, -0.2) is 41.0 Å². The van der Waals surface area contributed by atoms with E-state index in [0.29, 0.717) is 0 Å². The highest BCUT2D eigenvalue weighted by molar-refractivity contribution is 7.86. The van der Waals surface area contributed by atoms with Gasteiger partial charge in [0.2, 0.25) is 0 Å². The molecule has 0 bridgehead atoms. The zero-order valence-electron chi connectivity index (χ0n) is 21.0. The summed E-state index contributed by atoms with van der Waals surface area (Å²) in [7, 11) is -9.93. The second kappa shape index (κ2) is 8.42. The molecule has 43 heavy (non-hydrogen) atoms. The number of hydrogen-bond acceptors (Lipinski definition) is 11. The van der Waals surface area contributed by atoms with E-state index in [4.69, 9.17) is 0 Å². The van der Waals surface area contributed by atoms with Crippen LogP contribution in [0.5, 0.6) is 5.75 Å². The number of benzene rings is 6. The first-order chi connectivity index (χ1) is 20.2. The van der Waals surface area contributed by atoms with Gasteiger partial charge in [-0.1, -0.05) is 24.3 Å². The molecule has 0 aliphatic rings. The fourth-order valence-corrected chi connectivity index (χ4v) is 6.62. The predicted octanol–water partition coefficient (Wildman–Crippen LogP) is 1.91. The Balaban J connectivity index is 1.79. The van der Waals surface area contributed by atoms with E-state index in [1.165, 1.54) is 24.3 Å². The molecule has 0 spiro atoms. The predicted molar refractivity (Wildman–Crippen MR) is 156 cm³/mol. The third kappa shape index (κ3) is 3.63. The lowest BCUT2D eigenvalue weighted by atomic mass is 9.99. The van der Waals surface area contributed by atoms with E-state index < -0.39 is 95.7 Å². The average Bonchev–Trinajstić information content (AvgIpc) is 2.95. The summed E-state index contributed by atoms with van der Waals surface area (Å²) in [5, 5.41) is 8.59. The molecule has 212 valence electrons. The molecule has 0 atom stereocenters. The van der Waals surface area contributed by atoms with Crippen LogP contribution in [0.4, 0.5) is 0 Å². The first-order valence-electron chi connectivity index (χ1n) is 12.1. The van der Waals surface area contributed by atoms with Crippen LogP contribution in [0.25, 0.3) is 65.2 Å². The Morgan fingerprint density at radius 1 is 0.512 bits per heavy atom. The maximum atomic E-state index is 13.7. The van der Waals surface area contributed by atoms with E-state index in [0.717, 1.165) is 30.3 Å². The molecule has 0 aliphatic heterocycles. The fourth-order valence-electron chi connectivity index (χ4n) is 5.46. The average molecular weight is 617 g/mol. The summed E-state index contributed by atoms with van der Waals surface area (Å²) in [5.41, 5.74) is -5.35. The first-order valence-corrected chi connectivity index (χ1v) is 15.0. The molecule has 0 radical (unpaired) electrons. The van der Waals surface area contributed by atoms with Gasteiger partial charge in [-0.2, -0.15) is 16.8 Å². The minimum absolute atomic E-state index is 0.00973. The molecule has 0 fully saturated rings. The summed E-state index contributed by atoms with van der Waals surface area (Å²) in [4.78, 5) is 60.8. The topological polar surface area (TPSA) is 223 Å². The third-order valence-corrected chi connectivity index (χ3v) is 9.07. The van der Waals surface area contributed by atoms with Crippen LogP contribution in [0.3, 0.4) is 0 Å². The van der Waals surface area contributed by atoms with Crippen LogP contribution in [0, 0.1) is 0 Å². The number of aromatic nitrogens is 2. The van der Waals surface area contributed by atoms with E-state index in [2.05, 4.69) is 9.97 Å². The second-order valence-electron chi connectivity index (χ2n) is 9.75. The maximum Gasteiger partial charge on any atom is 0.296 e. The van der Waals surface area contributed by atoms with Crippen LogP contribution < -0.4 is 21.7 Å². The number of fused-ring (bicyclic) bond motifs is 8. The number of phenolic OH excluding ortho intramolecular Hbond substituents is 1. The standard InChI is InChI=1S/C28H12N2O11S2/c31-17-8-15-19(28(35)14-7-10(42(36,37)38)5-6-13(14)26(15)33)23-21(17)29-24-20-16(9-18(22(24)30-23)43(39,40)41)25(32)11-3-1-2-4-12(11)27(20)34/h1-9,31H,(H,36,37,38)(H,39,40,41). The smallest absolute Gasteiger partial charge is 0.296 e. The van der Waals surface area contributed by atoms with Crippen LogP contribution in [0.1, 0.15) is 0 Å². The van der Waals surface area contributed by atoms with Crippen molar-refractivity contribution < 1.29 is 31.0 Å². The highest BCUT2D eigenvalue weighted by atomic mass is 32.2. The van der Waals surface area contributed by atoms with Crippen molar-refractivity contribution in [3.05, 3.63) is 95.5 Å². The summed E-state index contributed by atoms with van der Waals surface area (Å²) < 4.78 is 68.0. The molecule has 7 rings (SSSR count). The zero-order valence-corrected chi connectivity index (χ0v) is 22.6. The number of rotatable bonds is 2. The van der Waals surface area contributed by atoms with Gasteiger partial charge in [0.05, 0.1) is 15.7 Å². The van der Waals surface area contributed by atoms with Crippen molar-refractivity contribution in [1.29, 1.82) is 0 Å². The summed E-state index contributed by atoms with van der Waals surface area (Å²) in [6.45, 7) is 0. The molecule has 0 aliphatic carbocycles. The van der Waals surface area contributed by atoms with Gasteiger partial charge in [0.15, 0.2) is 21.7 Å². The Morgan fingerprint density at radius 2 is 1.02 bits per heavy atom. The van der Waals surface area contributed by atoms with Crippen molar-refractivity contribution in [1.82, 2.24) is 9.97 Å². The molecule has 0 saturated heterocycles. The third-order valence-electron chi connectivity index (χ3n) is 7.36. The lowest BCUT2D eigenvalue weighted by Crippen LogP contribution is -2.16. The van der Waals surface area contributed by atoms with Gasteiger partial charge < -0.3 is 5.11 Å². The Morgan fingerprint density at radius 3 is 1.63 bits per heavy atom. The van der Waals surface area contributed by atoms with E-state index in [1.807, 2.05) is 0 Å². The molecule has 0 amide bonds. The van der Waals surface area contributed by atoms with Crippen LogP contribution in [-0.2, 0) is 20.2 Å². The van der Waals surface area contributed by atoms with Gasteiger partial charge in [-0.25, -0.2) is 9.97 Å². The summed E-state index contributed by atoms with van der Waals surface area (Å²) in [6, 6.07) is 10.1. The normalized spacial score (nSPS) is 12.8. The molecule has 6 aromatic carbocycles. The van der Waals surface area contributed by atoms with Crippen molar-refractivity contribution in [2.24, 2.45) is 0 Å². The summed E-state index contributed by atoms with van der Waals surface area (Å²) in [5.74, 6) is -0.691. The molecule has 7 aromatic rings. The number of phenols is 1. The quantitative estimate of drug-likeness (QED) is 0.144. The number of aromatic hydroxyl groups is 1. The lowest BCUT2D eigenvalue weighted by molar-refractivity contribution is 0.480. The van der Waals surface area contributed by atoms with Gasteiger partial charge >= 0.3 is 0 Å². The molecule has 1 aromatic heterocycles. The largest absolute Gasteiger partial charge is 0.506 e. The summed E-state index contributed by atoms with van der Waals surface area (Å²) in [6.07, 6.45) is 0. The molecule has 3 N–H and O–H groups in total. The molecular weight excluding hydrogens is 604 g/mol. The minimum atomic E-state index is -5.15.